The minimum absolute atomic E-state index is 0. The van der Waals surface area contributed by atoms with E-state index in [1.165, 1.54) is 0 Å². The first-order valence-corrected chi connectivity index (χ1v) is 4.02. The molecule has 62 valence electrons. The molecule has 0 aromatic rings. The second kappa shape index (κ2) is 11.9. The molecule has 0 saturated carbocycles. The van der Waals surface area contributed by atoms with Gasteiger partial charge < -0.3 is 0 Å². The predicted octanol–water partition coefficient (Wildman–Crippen LogP) is -2.16. The topological polar surface area (TPSA) is 121 Å². The van der Waals surface area contributed by atoms with Crippen LogP contribution in [0.1, 0.15) is 0 Å². The summed E-state index contributed by atoms with van der Waals surface area (Å²) in [5.74, 6) is 0. The van der Waals surface area contributed by atoms with Crippen LogP contribution in [0.2, 0.25) is 0 Å². The molecule has 0 aromatic carbocycles. The summed E-state index contributed by atoms with van der Waals surface area (Å²) in [5.41, 5.74) is 0. The van der Waals surface area contributed by atoms with Crippen molar-refractivity contribution in [3.05, 3.63) is 0 Å². The van der Waals surface area contributed by atoms with E-state index >= 15 is 0 Å². The van der Waals surface area contributed by atoms with Gasteiger partial charge in [-0.3, -0.25) is 0 Å². The van der Waals surface area contributed by atoms with Crippen LogP contribution >= 0.6 is 17.2 Å². The SMILES string of the molecule is O[PH+](O)O.O[PH+](O)O.[Ni]. The van der Waals surface area contributed by atoms with Crippen molar-refractivity contribution < 1.29 is 45.9 Å². The Balaban J connectivity index is -0.0000000720. The van der Waals surface area contributed by atoms with Gasteiger partial charge in [0.25, 0.3) is 0 Å². The molecule has 0 aliphatic rings. The molecule has 0 unspecified atom stereocenters. The summed E-state index contributed by atoms with van der Waals surface area (Å²) in [4.78, 5) is 43.6. The molecule has 6 N–H and O–H groups in total. The fourth-order valence-electron chi connectivity index (χ4n) is 0. The Morgan fingerprint density at radius 1 is 0.556 bits per heavy atom. The molecular formula is H8NiO6P2+2. The standard InChI is InChI=1S/Ni.2H4O3P/c;2*1-4(2)3/h;2*1-4H/q;2*+1. The number of hydrogen-bond donors (Lipinski definition) is 6. The van der Waals surface area contributed by atoms with Gasteiger partial charge in [0.2, 0.25) is 0 Å². The molecule has 9 heavy (non-hydrogen) atoms. The van der Waals surface area contributed by atoms with Crippen LogP contribution in [-0.2, 0) is 16.5 Å². The Morgan fingerprint density at radius 2 is 0.556 bits per heavy atom. The van der Waals surface area contributed by atoms with Gasteiger partial charge in [0.05, 0.1) is 0 Å². The Hall–Kier alpha value is 1.11. The Bertz CT molecular complexity index is 26.5. The molecule has 0 spiro atoms. The van der Waals surface area contributed by atoms with Crippen molar-refractivity contribution in [3.8, 4) is 0 Å². The summed E-state index contributed by atoms with van der Waals surface area (Å²) in [6.45, 7) is 0. The smallest absolute Gasteiger partial charge is 0.195 e. The Labute approximate surface area is 63.7 Å². The molecule has 0 amide bonds. The summed E-state index contributed by atoms with van der Waals surface area (Å²) < 4.78 is 0. The van der Waals surface area contributed by atoms with Crippen LogP contribution in [0.15, 0.2) is 0 Å². The largest absolute Gasteiger partial charge is 0.390 e. The molecule has 9 heteroatoms. The average molecular weight is 225 g/mol. The normalized spacial score (nSPS) is 8.00. The molecule has 0 fully saturated rings. The predicted molar refractivity (Wildman–Crippen MR) is 29.9 cm³/mol. The molecule has 0 radical (unpaired) electrons. The summed E-state index contributed by atoms with van der Waals surface area (Å²) in [5, 5.41) is 0. The van der Waals surface area contributed by atoms with Crippen LogP contribution in [0.4, 0.5) is 0 Å². The zero-order valence-corrected chi connectivity index (χ0v) is 6.99. The molecule has 0 heterocycles. The summed E-state index contributed by atoms with van der Waals surface area (Å²) >= 11 is 0. The van der Waals surface area contributed by atoms with Gasteiger partial charge in [-0.05, 0) is 0 Å². The molecule has 0 saturated heterocycles. The van der Waals surface area contributed by atoms with Crippen LogP contribution in [-0.4, -0.2) is 29.4 Å². The molecule has 0 rings (SSSR count). The molecular weight excluding hydrogens is 217 g/mol. The van der Waals surface area contributed by atoms with Crippen molar-refractivity contribution >= 4 is 17.2 Å². The van der Waals surface area contributed by atoms with E-state index in [1.54, 1.807) is 0 Å². The fraction of sp³-hybridized carbons (Fsp3) is 0. The minimum Gasteiger partial charge on any atom is -0.195 e. The molecule has 6 nitrogen and oxygen atoms in total. The third kappa shape index (κ3) is 372. The van der Waals surface area contributed by atoms with E-state index < -0.39 is 17.2 Å². The van der Waals surface area contributed by atoms with E-state index in [9.17, 15) is 0 Å². The van der Waals surface area contributed by atoms with E-state index in [-0.39, 0.29) is 16.5 Å². The zero-order chi connectivity index (χ0) is 7.15. The second-order valence-corrected chi connectivity index (χ2v) is 1.80. The van der Waals surface area contributed by atoms with Crippen LogP contribution in [0, 0.1) is 0 Å². The van der Waals surface area contributed by atoms with E-state index in [1.807, 2.05) is 0 Å². The molecule has 0 aliphatic heterocycles. The van der Waals surface area contributed by atoms with Gasteiger partial charge in [-0.1, -0.05) is 0 Å². The van der Waals surface area contributed by atoms with Crippen LogP contribution < -0.4 is 0 Å². The second-order valence-electron chi connectivity index (χ2n) is 0.600. The van der Waals surface area contributed by atoms with Crippen molar-refractivity contribution in [1.29, 1.82) is 0 Å². The van der Waals surface area contributed by atoms with Gasteiger partial charge in [0.15, 0.2) is 0 Å². The monoisotopic (exact) mass is 224 g/mol. The fourth-order valence-corrected chi connectivity index (χ4v) is 0. The average Bonchev–Trinajstić information content (AvgIpc) is 1.25. The first-order valence-electron chi connectivity index (χ1n) is 1.34. The van der Waals surface area contributed by atoms with Crippen molar-refractivity contribution in [2.75, 3.05) is 0 Å². The van der Waals surface area contributed by atoms with Crippen molar-refractivity contribution in [1.82, 2.24) is 0 Å². The van der Waals surface area contributed by atoms with Gasteiger partial charge in [0.1, 0.15) is 0 Å². The van der Waals surface area contributed by atoms with Gasteiger partial charge >= 0.3 is 17.2 Å². The van der Waals surface area contributed by atoms with E-state index in [0.29, 0.717) is 0 Å². The minimum atomic E-state index is -2.88. The quantitative estimate of drug-likeness (QED) is 0.206. The Morgan fingerprint density at radius 3 is 0.556 bits per heavy atom. The summed E-state index contributed by atoms with van der Waals surface area (Å²) in [6, 6.07) is 0. The van der Waals surface area contributed by atoms with Crippen molar-refractivity contribution in [2.24, 2.45) is 0 Å². The molecule has 0 atom stereocenters. The first kappa shape index (κ1) is 16.6. The summed E-state index contributed by atoms with van der Waals surface area (Å²) in [6.07, 6.45) is 0. The molecule has 0 aromatic heterocycles. The zero-order valence-electron chi connectivity index (χ0n) is 4.00. The van der Waals surface area contributed by atoms with Gasteiger partial charge in [-0.25, -0.2) is 0 Å². The number of hydrogen-bond acceptors (Lipinski definition) is 6. The van der Waals surface area contributed by atoms with Gasteiger partial charge in [-0.2, -0.15) is 29.4 Å². The maximum absolute atomic E-state index is 7.27. The van der Waals surface area contributed by atoms with Crippen molar-refractivity contribution in [3.63, 3.8) is 0 Å². The maximum Gasteiger partial charge on any atom is 0.390 e. The molecule has 0 bridgehead atoms. The van der Waals surface area contributed by atoms with E-state index in [2.05, 4.69) is 0 Å². The van der Waals surface area contributed by atoms with Gasteiger partial charge in [-0.15, -0.1) is 0 Å². The third-order valence-corrected chi connectivity index (χ3v) is 0. The van der Waals surface area contributed by atoms with Crippen LogP contribution in [0.5, 0.6) is 0 Å². The van der Waals surface area contributed by atoms with Crippen LogP contribution in [0.3, 0.4) is 0 Å². The third-order valence-electron chi connectivity index (χ3n) is 0. The van der Waals surface area contributed by atoms with E-state index in [4.69, 9.17) is 29.4 Å². The Kier molecular flexibility index (Phi) is 21.9. The van der Waals surface area contributed by atoms with Crippen molar-refractivity contribution in [2.45, 2.75) is 0 Å². The van der Waals surface area contributed by atoms with E-state index in [0.717, 1.165) is 0 Å². The van der Waals surface area contributed by atoms with Gasteiger partial charge in [0, 0.05) is 16.5 Å². The maximum atomic E-state index is 7.27. The first-order chi connectivity index (χ1) is 3.46. The summed E-state index contributed by atoms with van der Waals surface area (Å²) in [7, 11) is -5.76. The van der Waals surface area contributed by atoms with Crippen LogP contribution in [0.25, 0.3) is 0 Å². The number of rotatable bonds is 0. The molecule has 0 aliphatic carbocycles.